The van der Waals surface area contributed by atoms with Gasteiger partial charge in [0, 0.05) is 19.8 Å². The summed E-state index contributed by atoms with van der Waals surface area (Å²) in [6.45, 7) is 5.54. The first-order valence-electron chi connectivity index (χ1n) is 7.52. The van der Waals surface area contributed by atoms with Crippen molar-refractivity contribution in [2.75, 3.05) is 19.4 Å². The lowest BCUT2D eigenvalue weighted by Crippen LogP contribution is -2.23. The number of amides is 1. The number of anilines is 1. The summed E-state index contributed by atoms with van der Waals surface area (Å²) in [6, 6.07) is 5.91. The van der Waals surface area contributed by atoms with Crippen molar-refractivity contribution in [3.05, 3.63) is 51.8 Å². The molecule has 1 aromatic carbocycles. The van der Waals surface area contributed by atoms with E-state index < -0.39 is 15.9 Å². The summed E-state index contributed by atoms with van der Waals surface area (Å²) >= 11 is 6.11. The number of aromatic nitrogens is 1. The predicted molar refractivity (Wildman–Crippen MR) is 98.7 cm³/mol. The molecule has 1 amide bonds. The number of sulfonamides is 1. The molecule has 1 N–H and O–H groups in total. The van der Waals surface area contributed by atoms with Gasteiger partial charge < -0.3 is 5.32 Å². The molecular formula is C17H20ClN3O3S. The number of hydrogen-bond donors (Lipinski definition) is 1. The average molecular weight is 382 g/mol. The fraction of sp³-hybridized carbons (Fsp3) is 0.294. The van der Waals surface area contributed by atoms with E-state index >= 15 is 0 Å². The molecule has 1 heterocycles. The van der Waals surface area contributed by atoms with E-state index in [2.05, 4.69) is 10.3 Å². The maximum atomic E-state index is 12.6. The van der Waals surface area contributed by atoms with Gasteiger partial charge in [-0.25, -0.2) is 12.7 Å². The Balaban J connectivity index is 2.44. The Hall–Kier alpha value is -1.96. The third-order valence-corrected chi connectivity index (χ3v) is 5.87. The molecule has 2 rings (SSSR count). The van der Waals surface area contributed by atoms with Crippen LogP contribution in [0.2, 0.25) is 5.02 Å². The Labute approximate surface area is 152 Å². The molecule has 0 bridgehead atoms. The van der Waals surface area contributed by atoms with Gasteiger partial charge in [-0.15, -0.1) is 0 Å². The Morgan fingerprint density at radius 3 is 2.36 bits per heavy atom. The van der Waals surface area contributed by atoms with Crippen LogP contribution < -0.4 is 5.32 Å². The maximum Gasteiger partial charge on any atom is 0.257 e. The smallest absolute Gasteiger partial charge is 0.257 e. The minimum absolute atomic E-state index is 0.00234. The van der Waals surface area contributed by atoms with Crippen molar-refractivity contribution in [1.29, 1.82) is 0 Å². The highest BCUT2D eigenvalue weighted by atomic mass is 35.5. The summed E-state index contributed by atoms with van der Waals surface area (Å²) in [5.74, 6) is -0.488. The summed E-state index contributed by atoms with van der Waals surface area (Å²) < 4.78 is 25.6. The van der Waals surface area contributed by atoms with E-state index in [9.17, 15) is 13.2 Å². The number of pyridine rings is 1. The fourth-order valence-electron chi connectivity index (χ4n) is 2.44. The van der Waals surface area contributed by atoms with Crippen molar-refractivity contribution >= 4 is 33.2 Å². The van der Waals surface area contributed by atoms with E-state index in [1.807, 2.05) is 19.9 Å². The van der Waals surface area contributed by atoms with Gasteiger partial charge in [0.2, 0.25) is 10.0 Å². The van der Waals surface area contributed by atoms with E-state index in [0.29, 0.717) is 11.4 Å². The molecule has 2 aromatic rings. The molecular weight excluding hydrogens is 362 g/mol. The number of carbonyl (C=O) groups is 1. The van der Waals surface area contributed by atoms with Gasteiger partial charge in [-0.2, -0.15) is 0 Å². The minimum atomic E-state index is -3.66. The van der Waals surface area contributed by atoms with Crippen molar-refractivity contribution in [1.82, 2.24) is 9.29 Å². The summed E-state index contributed by atoms with van der Waals surface area (Å²) in [6.07, 6.45) is 0. The van der Waals surface area contributed by atoms with Crippen molar-refractivity contribution in [2.24, 2.45) is 0 Å². The van der Waals surface area contributed by atoms with Gasteiger partial charge in [-0.05, 0) is 50.6 Å². The monoisotopic (exact) mass is 381 g/mol. The first-order chi connectivity index (χ1) is 11.5. The SMILES string of the molecule is Cc1cc(C)c(NC(=O)c2cc(S(=O)(=O)N(C)C)ccc2Cl)c(C)n1. The topological polar surface area (TPSA) is 79.4 Å². The lowest BCUT2D eigenvalue weighted by atomic mass is 10.1. The molecule has 8 heteroatoms. The lowest BCUT2D eigenvalue weighted by Gasteiger charge is -2.15. The van der Waals surface area contributed by atoms with Crippen LogP contribution in [0, 0.1) is 20.8 Å². The highest BCUT2D eigenvalue weighted by Gasteiger charge is 2.21. The van der Waals surface area contributed by atoms with Gasteiger partial charge in [0.1, 0.15) is 0 Å². The first-order valence-corrected chi connectivity index (χ1v) is 9.34. The van der Waals surface area contributed by atoms with Gasteiger partial charge in [-0.1, -0.05) is 11.6 Å². The summed E-state index contributed by atoms with van der Waals surface area (Å²) in [5, 5.41) is 2.95. The van der Waals surface area contributed by atoms with Crippen molar-refractivity contribution in [3.8, 4) is 0 Å². The van der Waals surface area contributed by atoms with Gasteiger partial charge in [-0.3, -0.25) is 9.78 Å². The van der Waals surface area contributed by atoms with Crippen LogP contribution in [-0.2, 0) is 10.0 Å². The zero-order chi connectivity index (χ0) is 18.9. The van der Waals surface area contributed by atoms with E-state index in [4.69, 9.17) is 11.6 Å². The van der Waals surface area contributed by atoms with Crippen molar-refractivity contribution < 1.29 is 13.2 Å². The molecule has 0 aliphatic carbocycles. The largest absolute Gasteiger partial charge is 0.320 e. The molecule has 0 aliphatic heterocycles. The Kier molecular flexibility index (Phi) is 5.51. The molecule has 25 heavy (non-hydrogen) atoms. The van der Waals surface area contributed by atoms with Crippen LogP contribution in [-0.4, -0.2) is 37.7 Å². The molecule has 1 aromatic heterocycles. The van der Waals surface area contributed by atoms with Crippen LogP contribution in [0.25, 0.3) is 0 Å². The zero-order valence-electron chi connectivity index (χ0n) is 14.7. The van der Waals surface area contributed by atoms with Gasteiger partial charge in [0.15, 0.2) is 0 Å². The van der Waals surface area contributed by atoms with Crippen LogP contribution in [0.3, 0.4) is 0 Å². The second-order valence-corrected chi connectivity index (χ2v) is 8.48. The fourth-order valence-corrected chi connectivity index (χ4v) is 3.57. The highest BCUT2D eigenvalue weighted by molar-refractivity contribution is 7.89. The zero-order valence-corrected chi connectivity index (χ0v) is 16.3. The average Bonchev–Trinajstić information content (AvgIpc) is 2.50. The van der Waals surface area contributed by atoms with E-state index in [-0.39, 0.29) is 15.5 Å². The second-order valence-electron chi connectivity index (χ2n) is 5.92. The summed E-state index contributed by atoms with van der Waals surface area (Å²) in [4.78, 5) is 17.0. The van der Waals surface area contributed by atoms with Crippen LogP contribution in [0.15, 0.2) is 29.2 Å². The molecule has 0 spiro atoms. The van der Waals surface area contributed by atoms with Gasteiger partial charge in [0.25, 0.3) is 5.91 Å². The van der Waals surface area contributed by atoms with Crippen LogP contribution in [0.5, 0.6) is 0 Å². The number of nitrogens with zero attached hydrogens (tertiary/aromatic N) is 2. The third kappa shape index (κ3) is 4.00. The molecule has 0 unspecified atom stereocenters. The van der Waals surface area contributed by atoms with Crippen molar-refractivity contribution in [2.45, 2.75) is 25.7 Å². The lowest BCUT2D eigenvalue weighted by molar-refractivity contribution is 0.102. The number of rotatable bonds is 4. The molecule has 134 valence electrons. The van der Waals surface area contributed by atoms with E-state index in [0.717, 1.165) is 15.6 Å². The Morgan fingerprint density at radius 2 is 1.80 bits per heavy atom. The quantitative estimate of drug-likeness (QED) is 0.882. The number of halogens is 1. The molecule has 0 saturated heterocycles. The number of hydrogen-bond acceptors (Lipinski definition) is 4. The van der Waals surface area contributed by atoms with Crippen LogP contribution in [0.4, 0.5) is 5.69 Å². The summed E-state index contributed by atoms with van der Waals surface area (Å²) in [7, 11) is -0.812. The highest BCUT2D eigenvalue weighted by Crippen LogP contribution is 2.25. The Bertz CT molecular complexity index is 917. The molecule has 6 nitrogen and oxygen atoms in total. The van der Waals surface area contributed by atoms with Crippen molar-refractivity contribution in [3.63, 3.8) is 0 Å². The molecule has 0 fully saturated rings. The van der Waals surface area contributed by atoms with Crippen LogP contribution >= 0.6 is 11.6 Å². The van der Waals surface area contributed by atoms with Gasteiger partial charge >= 0.3 is 0 Å². The number of nitrogens with one attached hydrogen (secondary N) is 1. The van der Waals surface area contributed by atoms with E-state index in [1.165, 1.54) is 32.3 Å². The normalized spacial score (nSPS) is 11.6. The molecule has 0 atom stereocenters. The molecule has 0 saturated carbocycles. The summed E-state index contributed by atoms with van der Waals surface area (Å²) in [5.41, 5.74) is 3.08. The number of benzene rings is 1. The van der Waals surface area contributed by atoms with E-state index in [1.54, 1.807) is 6.92 Å². The maximum absolute atomic E-state index is 12.6. The first kappa shape index (κ1) is 19.4. The number of aryl methyl sites for hydroxylation is 3. The standard InChI is InChI=1S/C17H20ClN3O3S/c1-10-8-11(2)19-12(3)16(10)20-17(22)14-9-13(6-7-15(14)18)25(23,24)21(4)5/h6-9H,1-5H3,(H,20,22). The number of carbonyl (C=O) groups excluding carboxylic acids is 1. The predicted octanol–water partition coefficient (Wildman–Crippen LogP) is 3.16. The molecule has 0 aliphatic rings. The van der Waals surface area contributed by atoms with Crippen LogP contribution in [0.1, 0.15) is 27.3 Å². The minimum Gasteiger partial charge on any atom is -0.320 e. The van der Waals surface area contributed by atoms with Gasteiger partial charge in [0.05, 0.1) is 26.9 Å². The Morgan fingerprint density at radius 1 is 1.16 bits per heavy atom. The third-order valence-electron chi connectivity index (χ3n) is 3.73. The second kappa shape index (κ2) is 7.11. The molecule has 0 radical (unpaired) electrons.